The quantitative estimate of drug-likeness (QED) is 0.422. The second kappa shape index (κ2) is 11.8. The third-order valence-corrected chi connectivity index (χ3v) is 6.40. The molecule has 29 heavy (non-hydrogen) atoms. The molecule has 2 aromatic heterocycles. The number of rotatable bonds is 11. The number of carbonyl (C=O) groups is 2. The largest absolute Gasteiger partial charge is 0.465 e. The molecule has 0 bridgehead atoms. The van der Waals surface area contributed by atoms with Crippen molar-refractivity contribution in [1.82, 2.24) is 15.5 Å². The molecule has 2 aromatic rings. The number of carboxylic acid groups (broad SMARTS) is 1. The molecule has 2 heterocycles. The highest BCUT2D eigenvalue weighted by atomic mass is 32.1. The highest BCUT2D eigenvalue weighted by Gasteiger charge is 2.29. The molecule has 0 spiro atoms. The van der Waals surface area contributed by atoms with Crippen LogP contribution in [0.2, 0.25) is 0 Å². The molecule has 0 aliphatic heterocycles. The molecule has 8 heteroatoms. The Labute approximate surface area is 180 Å². The molecular weight excluding hydrogens is 406 g/mol. The van der Waals surface area contributed by atoms with Crippen LogP contribution in [0.4, 0.5) is 9.59 Å². The van der Waals surface area contributed by atoms with Crippen molar-refractivity contribution in [3.8, 4) is 0 Å². The molecule has 1 unspecified atom stereocenters. The number of hydrogen-bond donors (Lipinski definition) is 3. The molecule has 0 aromatic carbocycles. The maximum absolute atomic E-state index is 12.3. The van der Waals surface area contributed by atoms with Gasteiger partial charge in [0.25, 0.3) is 0 Å². The Bertz CT molecular complexity index is 732. The molecule has 0 saturated carbocycles. The summed E-state index contributed by atoms with van der Waals surface area (Å²) in [6.07, 6.45) is 2.41. The molecule has 0 radical (unpaired) electrons. The van der Waals surface area contributed by atoms with Crippen LogP contribution in [0.1, 0.15) is 62.3 Å². The number of unbranched alkanes of at least 4 members (excludes halogenated alkanes) is 1. The zero-order valence-corrected chi connectivity index (χ0v) is 18.9. The van der Waals surface area contributed by atoms with Gasteiger partial charge in [-0.25, -0.2) is 9.59 Å². The SMILES string of the molecule is CCCC[C@@H](CC(c1cccs1)N(Cc1cccs1)C(=O)O)NC(=O)NC(C)C. The van der Waals surface area contributed by atoms with Crippen molar-refractivity contribution >= 4 is 34.8 Å². The first-order valence-corrected chi connectivity index (χ1v) is 11.8. The van der Waals surface area contributed by atoms with Crippen molar-refractivity contribution in [3.63, 3.8) is 0 Å². The third-order valence-electron chi connectivity index (χ3n) is 4.57. The van der Waals surface area contributed by atoms with E-state index in [0.29, 0.717) is 13.0 Å². The molecule has 0 saturated heterocycles. The van der Waals surface area contributed by atoms with Gasteiger partial charge < -0.3 is 15.7 Å². The van der Waals surface area contributed by atoms with Gasteiger partial charge in [0.05, 0.1) is 12.6 Å². The van der Waals surface area contributed by atoms with Crippen molar-refractivity contribution in [2.24, 2.45) is 0 Å². The van der Waals surface area contributed by atoms with Gasteiger partial charge >= 0.3 is 12.1 Å². The fourth-order valence-corrected chi connectivity index (χ4v) is 4.77. The van der Waals surface area contributed by atoms with Gasteiger partial charge in [-0.15, -0.1) is 22.7 Å². The average Bonchev–Trinajstić information content (AvgIpc) is 3.35. The van der Waals surface area contributed by atoms with E-state index in [1.807, 2.05) is 48.9 Å². The van der Waals surface area contributed by atoms with Crippen molar-refractivity contribution < 1.29 is 14.7 Å². The Balaban J connectivity index is 2.23. The van der Waals surface area contributed by atoms with Crippen LogP contribution in [0.5, 0.6) is 0 Å². The lowest BCUT2D eigenvalue weighted by atomic mass is 9.99. The van der Waals surface area contributed by atoms with E-state index in [1.165, 1.54) is 4.90 Å². The number of amides is 3. The van der Waals surface area contributed by atoms with Gasteiger partial charge in [0.2, 0.25) is 0 Å². The van der Waals surface area contributed by atoms with Crippen LogP contribution in [-0.2, 0) is 6.54 Å². The summed E-state index contributed by atoms with van der Waals surface area (Å²) in [7, 11) is 0. The molecular formula is C21H31N3O3S2. The summed E-state index contributed by atoms with van der Waals surface area (Å²) in [5, 5.41) is 19.8. The Morgan fingerprint density at radius 2 is 1.86 bits per heavy atom. The smallest absolute Gasteiger partial charge is 0.408 e. The van der Waals surface area contributed by atoms with E-state index >= 15 is 0 Å². The summed E-state index contributed by atoms with van der Waals surface area (Å²) in [5.41, 5.74) is 0. The first-order valence-electron chi connectivity index (χ1n) is 10.0. The van der Waals surface area contributed by atoms with Gasteiger partial charge in [-0.3, -0.25) is 4.90 Å². The standard InChI is InChI=1S/C21H31N3O3S2/c1-4-5-8-16(23-20(25)22-15(2)3)13-18(19-10-7-12-29-19)24(21(26)27)14-17-9-6-11-28-17/h6-7,9-12,15-16,18H,4-5,8,13-14H2,1-3H3,(H,26,27)(H2,22,23,25)/t16-,18?/m0/s1. The summed E-state index contributed by atoms with van der Waals surface area (Å²) in [6, 6.07) is 7.23. The summed E-state index contributed by atoms with van der Waals surface area (Å²) in [6.45, 7) is 6.29. The lowest BCUT2D eigenvalue weighted by Gasteiger charge is -2.32. The van der Waals surface area contributed by atoms with Gasteiger partial charge in [0.15, 0.2) is 0 Å². The molecule has 2 atom stereocenters. The van der Waals surface area contributed by atoms with E-state index in [9.17, 15) is 14.7 Å². The van der Waals surface area contributed by atoms with Crippen LogP contribution in [-0.4, -0.2) is 34.2 Å². The first kappa shape index (κ1) is 23.2. The lowest BCUT2D eigenvalue weighted by molar-refractivity contribution is 0.114. The maximum Gasteiger partial charge on any atom is 0.408 e. The summed E-state index contributed by atoms with van der Waals surface area (Å²) in [4.78, 5) is 28.0. The second-order valence-electron chi connectivity index (χ2n) is 7.37. The van der Waals surface area contributed by atoms with Gasteiger partial charge in [0, 0.05) is 21.8 Å². The van der Waals surface area contributed by atoms with E-state index < -0.39 is 6.09 Å². The minimum atomic E-state index is -0.947. The van der Waals surface area contributed by atoms with Crippen molar-refractivity contribution in [3.05, 3.63) is 44.8 Å². The van der Waals surface area contributed by atoms with E-state index in [0.717, 1.165) is 29.0 Å². The zero-order chi connectivity index (χ0) is 21.2. The Hall–Kier alpha value is -2.06. The number of urea groups is 1. The van der Waals surface area contributed by atoms with Crippen LogP contribution in [0.3, 0.4) is 0 Å². The predicted octanol–water partition coefficient (Wildman–Crippen LogP) is 5.69. The van der Waals surface area contributed by atoms with Crippen molar-refractivity contribution in [2.75, 3.05) is 0 Å². The topological polar surface area (TPSA) is 81.7 Å². The van der Waals surface area contributed by atoms with Gasteiger partial charge in [-0.2, -0.15) is 0 Å². The first-order chi connectivity index (χ1) is 13.9. The van der Waals surface area contributed by atoms with Crippen LogP contribution in [0, 0.1) is 0 Å². The molecule has 6 nitrogen and oxygen atoms in total. The monoisotopic (exact) mass is 437 g/mol. The summed E-state index contributed by atoms with van der Waals surface area (Å²) in [5.74, 6) is 0. The third kappa shape index (κ3) is 7.70. The normalized spacial score (nSPS) is 13.1. The van der Waals surface area contributed by atoms with Crippen LogP contribution < -0.4 is 10.6 Å². The fraction of sp³-hybridized carbons (Fsp3) is 0.524. The van der Waals surface area contributed by atoms with Gasteiger partial charge in [-0.1, -0.05) is 31.9 Å². The molecule has 160 valence electrons. The lowest BCUT2D eigenvalue weighted by Crippen LogP contribution is -2.46. The molecule has 0 aliphatic carbocycles. The highest BCUT2D eigenvalue weighted by Crippen LogP contribution is 2.32. The van der Waals surface area contributed by atoms with E-state index in [2.05, 4.69) is 17.6 Å². The van der Waals surface area contributed by atoms with Gasteiger partial charge in [0.1, 0.15) is 0 Å². The molecule has 3 amide bonds. The minimum Gasteiger partial charge on any atom is -0.465 e. The summed E-state index contributed by atoms with van der Waals surface area (Å²) >= 11 is 3.11. The van der Waals surface area contributed by atoms with Gasteiger partial charge in [-0.05, 0) is 49.6 Å². The number of carbonyl (C=O) groups excluding carboxylic acids is 1. The van der Waals surface area contributed by atoms with Crippen LogP contribution in [0.15, 0.2) is 35.0 Å². The number of nitrogens with zero attached hydrogens (tertiary/aromatic N) is 1. The highest BCUT2D eigenvalue weighted by molar-refractivity contribution is 7.10. The molecule has 2 rings (SSSR count). The Morgan fingerprint density at radius 1 is 1.14 bits per heavy atom. The number of thiophene rings is 2. The minimum absolute atomic E-state index is 0.0456. The fourth-order valence-electron chi connectivity index (χ4n) is 3.22. The van der Waals surface area contributed by atoms with Crippen LogP contribution >= 0.6 is 22.7 Å². The molecule has 3 N–H and O–H groups in total. The Morgan fingerprint density at radius 3 is 2.41 bits per heavy atom. The van der Waals surface area contributed by atoms with Crippen molar-refractivity contribution in [1.29, 1.82) is 0 Å². The number of hydrogen-bond acceptors (Lipinski definition) is 4. The summed E-state index contributed by atoms with van der Waals surface area (Å²) < 4.78 is 0. The van der Waals surface area contributed by atoms with Crippen molar-refractivity contribution in [2.45, 2.75) is 71.1 Å². The second-order valence-corrected chi connectivity index (χ2v) is 9.38. The average molecular weight is 438 g/mol. The number of nitrogens with one attached hydrogen (secondary N) is 2. The molecule has 0 fully saturated rings. The van der Waals surface area contributed by atoms with Crippen LogP contribution in [0.25, 0.3) is 0 Å². The maximum atomic E-state index is 12.3. The van der Waals surface area contributed by atoms with E-state index in [1.54, 1.807) is 22.7 Å². The molecule has 0 aliphatic rings. The predicted molar refractivity (Wildman–Crippen MR) is 120 cm³/mol. The Kier molecular flexibility index (Phi) is 9.47. The zero-order valence-electron chi connectivity index (χ0n) is 17.3. The van der Waals surface area contributed by atoms with E-state index in [4.69, 9.17) is 0 Å². The van der Waals surface area contributed by atoms with E-state index in [-0.39, 0.29) is 24.2 Å².